The summed E-state index contributed by atoms with van der Waals surface area (Å²) in [5.74, 6) is -2.81. The standard InChI is InChI=1S/C23H18N4O6/c1-33-23(32)21-20(25)15(11-24)12-27(21)17-8-4-13(5-9-17)18(28)10-19(29)26-16-6-2-14(3-7-16)22(30)31/h2-9,12H,10,25H2,1H3,(H,26,29)(H,30,31). The van der Waals surface area contributed by atoms with Crippen molar-refractivity contribution in [1.29, 1.82) is 5.26 Å². The second-order valence-corrected chi connectivity index (χ2v) is 6.86. The van der Waals surface area contributed by atoms with Crippen LogP contribution in [0.25, 0.3) is 5.69 Å². The highest BCUT2D eigenvalue weighted by Crippen LogP contribution is 2.25. The first-order valence-electron chi connectivity index (χ1n) is 9.51. The maximum absolute atomic E-state index is 12.5. The Bertz CT molecular complexity index is 1280. The molecule has 0 saturated heterocycles. The van der Waals surface area contributed by atoms with Crippen LogP contribution in [0.4, 0.5) is 11.4 Å². The van der Waals surface area contributed by atoms with Gasteiger partial charge in [0.05, 0.1) is 30.3 Å². The summed E-state index contributed by atoms with van der Waals surface area (Å²) in [6.45, 7) is 0. The van der Waals surface area contributed by atoms with Crippen molar-refractivity contribution in [1.82, 2.24) is 4.57 Å². The summed E-state index contributed by atoms with van der Waals surface area (Å²) >= 11 is 0. The third kappa shape index (κ3) is 4.88. The molecule has 4 N–H and O–H groups in total. The number of carboxylic acid groups (broad SMARTS) is 1. The summed E-state index contributed by atoms with van der Waals surface area (Å²) in [7, 11) is 1.19. The minimum atomic E-state index is -1.09. The Kier molecular flexibility index (Phi) is 6.54. The summed E-state index contributed by atoms with van der Waals surface area (Å²) in [6.07, 6.45) is 0.962. The van der Waals surface area contributed by atoms with Gasteiger partial charge in [-0.05, 0) is 48.5 Å². The number of rotatable bonds is 7. The molecule has 0 bridgehead atoms. The molecule has 3 rings (SSSR count). The van der Waals surface area contributed by atoms with Crippen LogP contribution in [0.5, 0.6) is 0 Å². The van der Waals surface area contributed by atoms with Crippen LogP contribution in [0.15, 0.2) is 54.7 Å². The van der Waals surface area contributed by atoms with E-state index < -0.39 is 30.0 Å². The Labute approximate surface area is 187 Å². The first kappa shape index (κ1) is 22.8. The fourth-order valence-corrected chi connectivity index (χ4v) is 3.08. The van der Waals surface area contributed by atoms with Crippen molar-refractivity contribution in [2.45, 2.75) is 6.42 Å². The number of ether oxygens (including phenoxy) is 1. The SMILES string of the molecule is COC(=O)c1c(N)c(C#N)cn1-c1ccc(C(=O)CC(=O)Nc2ccc(C(=O)O)cc2)cc1. The fraction of sp³-hybridized carbons (Fsp3) is 0.0870. The molecule has 0 aliphatic heterocycles. The summed E-state index contributed by atoms with van der Waals surface area (Å²) in [4.78, 5) is 47.6. The van der Waals surface area contributed by atoms with E-state index in [1.54, 1.807) is 12.1 Å². The summed E-state index contributed by atoms with van der Waals surface area (Å²) < 4.78 is 6.12. The Morgan fingerprint density at radius 1 is 1.06 bits per heavy atom. The van der Waals surface area contributed by atoms with E-state index in [-0.39, 0.29) is 28.1 Å². The number of anilines is 2. The van der Waals surface area contributed by atoms with E-state index in [0.717, 1.165) is 0 Å². The molecule has 10 heteroatoms. The number of hydrogen-bond donors (Lipinski definition) is 3. The Balaban J connectivity index is 1.73. The van der Waals surface area contributed by atoms with E-state index in [0.29, 0.717) is 11.4 Å². The number of nitrogens with two attached hydrogens (primary N) is 1. The number of nitrogens with one attached hydrogen (secondary N) is 1. The van der Waals surface area contributed by atoms with Crippen LogP contribution >= 0.6 is 0 Å². The lowest BCUT2D eigenvalue weighted by Gasteiger charge is -2.09. The molecule has 0 fully saturated rings. The molecule has 166 valence electrons. The molecule has 0 saturated carbocycles. The van der Waals surface area contributed by atoms with Gasteiger partial charge in [-0.3, -0.25) is 9.59 Å². The maximum atomic E-state index is 12.5. The van der Waals surface area contributed by atoms with Gasteiger partial charge in [-0.25, -0.2) is 9.59 Å². The van der Waals surface area contributed by atoms with Gasteiger partial charge in [0, 0.05) is 23.1 Å². The van der Waals surface area contributed by atoms with E-state index >= 15 is 0 Å². The highest BCUT2D eigenvalue weighted by atomic mass is 16.5. The second kappa shape index (κ2) is 9.49. The van der Waals surface area contributed by atoms with Crippen LogP contribution in [0, 0.1) is 11.3 Å². The number of carbonyl (C=O) groups excluding carboxylic acids is 3. The normalized spacial score (nSPS) is 10.2. The Morgan fingerprint density at radius 2 is 1.67 bits per heavy atom. The van der Waals surface area contributed by atoms with E-state index in [1.165, 1.54) is 54.3 Å². The lowest BCUT2D eigenvalue weighted by molar-refractivity contribution is -0.115. The number of benzene rings is 2. The molecule has 33 heavy (non-hydrogen) atoms. The summed E-state index contributed by atoms with van der Waals surface area (Å²) in [5, 5.41) is 20.6. The highest BCUT2D eigenvalue weighted by molar-refractivity contribution is 6.11. The zero-order valence-corrected chi connectivity index (χ0v) is 17.4. The number of nitrogen functional groups attached to an aromatic ring is 1. The van der Waals surface area contributed by atoms with Gasteiger partial charge in [0.1, 0.15) is 6.07 Å². The van der Waals surface area contributed by atoms with Gasteiger partial charge < -0.3 is 25.5 Å². The highest BCUT2D eigenvalue weighted by Gasteiger charge is 2.22. The summed E-state index contributed by atoms with van der Waals surface area (Å²) in [6, 6.07) is 13.5. The van der Waals surface area contributed by atoms with Crippen LogP contribution in [0.2, 0.25) is 0 Å². The van der Waals surface area contributed by atoms with Crippen molar-refractivity contribution in [3.8, 4) is 11.8 Å². The molecule has 0 aliphatic rings. The lowest BCUT2D eigenvalue weighted by atomic mass is 10.1. The molecule has 0 aliphatic carbocycles. The van der Waals surface area contributed by atoms with Crippen LogP contribution < -0.4 is 11.1 Å². The van der Waals surface area contributed by atoms with Gasteiger partial charge in [0.2, 0.25) is 5.91 Å². The van der Waals surface area contributed by atoms with Crippen molar-refractivity contribution in [3.05, 3.63) is 77.1 Å². The van der Waals surface area contributed by atoms with Gasteiger partial charge in [-0.15, -0.1) is 0 Å². The predicted molar refractivity (Wildman–Crippen MR) is 117 cm³/mol. The van der Waals surface area contributed by atoms with Gasteiger partial charge in [-0.1, -0.05) is 0 Å². The number of aromatic carboxylic acids is 1. The number of nitrogens with zero attached hydrogens (tertiary/aromatic N) is 2. The largest absolute Gasteiger partial charge is 0.478 e. The number of methoxy groups -OCH3 is 1. The monoisotopic (exact) mass is 446 g/mol. The zero-order chi connectivity index (χ0) is 24.1. The predicted octanol–water partition coefficient (Wildman–Crippen LogP) is 2.63. The Hall–Kier alpha value is -4.91. The van der Waals surface area contributed by atoms with Gasteiger partial charge in [0.25, 0.3) is 0 Å². The molecule has 1 heterocycles. The minimum Gasteiger partial charge on any atom is -0.478 e. The first-order chi connectivity index (χ1) is 15.7. The molecule has 1 aromatic heterocycles. The zero-order valence-electron chi connectivity index (χ0n) is 17.4. The molecule has 0 radical (unpaired) electrons. The fourth-order valence-electron chi connectivity index (χ4n) is 3.08. The topological polar surface area (TPSA) is 165 Å². The number of nitriles is 1. The van der Waals surface area contributed by atoms with Gasteiger partial charge in [-0.2, -0.15) is 5.26 Å². The van der Waals surface area contributed by atoms with Crippen molar-refractivity contribution in [2.24, 2.45) is 0 Å². The molecule has 0 unspecified atom stereocenters. The van der Waals surface area contributed by atoms with Crippen molar-refractivity contribution in [2.75, 3.05) is 18.2 Å². The van der Waals surface area contributed by atoms with Gasteiger partial charge in [0.15, 0.2) is 11.5 Å². The van der Waals surface area contributed by atoms with Crippen molar-refractivity contribution in [3.63, 3.8) is 0 Å². The number of carboxylic acids is 1. The Morgan fingerprint density at radius 3 is 2.21 bits per heavy atom. The molecular weight excluding hydrogens is 428 g/mol. The average molecular weight is 446 g/mol. The van der Waals surface area contributed by atoms with E-state index in [1.807, 2.05) is 6.07 Å². The number of hydrogen-bond acceptors (Lipinski definition) is 7. The molecule has 0 atom stereocenters. The van der Waals surface area contributed by atoms with Crippen LogP contribution in [0.1, 0.15) is 43.2 Å². The van der Waals surface area contributed by atoms with Crippen LogP contribution in [-0.4, -0.2) is 40.4 Å². The van der Waals surface area contributed by atoms with Crippen molar-refractivity contribution >= 4 is 35.0 Å². The molecule has 1 amide bonds. The number of amides is 1. The minimum absolute atomic E-state index is 0.0126. The molecule has 0 spiro atoms. The van der Waals surface area contributed by atoms with Crippen LogP contribution in [0.3, 0.4) is 0 Å². The van der Waals surface area contributed by atoms with E-state index in [4.69, 9.17) is 15.6 Å². The molecular formula is C23H18N4O6. The van der Waals surface area contributed by atoms with Crippen molar-refractivity contribution < 1.29 is 29.0 Å². The second-order valence-electron chi connectivity index (χ2n) is 6.86. The summed E-state index contributed by atoms with van der Waals surface area (Å²) in [5.41, 5.74) is 7.11. The number of Topliss-reactive ketones (excluding diaryl/α,β-unsaturated/α-hetero) is 1. The lowest BCUT2D eigenvalue weighted by Crippen LogP contribution is -2.16. The van der Waals surface area contributed by atoms with Crippen LogP contribution in [-0.2, 0) is 9.53 Å². The number of esters is 1. The molecule has 2 aromatic carbocycles. The average Bonchev–Trinajstić information content (AvgIpc) is 3.15. The van der Waals surface area contributed by atoms with E-state index in [2.05, 4.69) is 5.32 Å². The molecule has 10 nitrogen and oxygen atoms in total. The van der Waals surface area contributed by atoms with Gasteiger partial charge >= 0.3 is 11.9 Å². The van der Waals surface area contributed by atoms with E-state index in [9.17, 15) is 24.4 Å². The first-order valence-corrected chi connectivity index (χ1v) is 9.51. The quantitative estimate of drug-likeness (QED) is 0.283. The smallest absolute Gasteiger partial charge is 0.357 e. The molecule has 3 aromatic rings. The number of carbonyl (C=O) groups is 4. The third-order valence-corrected chi connectivity index (χ3v) is 4.75. The number of ketones is 1. The maximum Gasteiger partial charge on any atom is 0.357 e. The third-order valence-electron chi connectivity index (χ3n) is 4.75. The number of aromatic nitrogens is 1.